The Labute approximate surface area is 110 Å². The Morgan fingerprint density at radius 2 is 2.17 bits per heavy atom. The van der Waals surface area contributed by atoms with Crippen LogP contribution in [0, 0.1) is 10.1 Å². The maximum Gasteiger partial charge on any atom is 0.335 e. The van der Waals surface area contributed by atoms with Gasteiger partial charge in [0, 0.05) is 11.3 Å². The van der Waals surface area contributed by atoms with Crippen LogP contribution in [0.15, 0.2) is 24.3 Å². The Balaban J connectivity index is 2.77. The molecule has 1 heterocycles. The maximum absolute atomic E-state index is 12.8. The molecule has 0 aliphatic heterocycles. The Morgan fingerprint density at radius 1 is 1.50 bits per heavy atom. The zero-order valence-electron chi connectivity index (χ0n) is 8.71. The van der Waals surface area contributed by atoms with E-state index < -0.39 is 10.6 Å². The summed E-state index contributed by atoms with van der Waals surface area (Å²) >= 11 is 5.34. The van der Waals surface area contributed by atoms with Gasteiger partial charge in [-0.3, -0.25) is 10.1 Å². The average Bonchev–Trinajstić information content (AvgIpc) is 2.66. The second-order valence-corrected chi connectivity index (χ2v) is 4.12. The third kappa shape index (κ3) is 2.00. The molecule has 0 fully saturated rings. The van der Waals surface area contributed by atoms with Crippen LogP contribution in [-0.4, -0.2) is 14.1 Å². The lowest BCUT2D eigenvalue weighted by Gasteiger charge is -2.04. The van der Waals surface area contributed by atoms with Crippen molar-refractivity contribution < 1.29 is 8.81 Å². The molecule has 0 unspecified atom stereocenters. The molecule has 0 saturated heterocycles. The number of benzene rings is 1. The lowest BCUT2D eigenvalue weighted by atomic mass is 10.1. The van der Waals surface area contributed by atoms with E-state index in [1.165, 1.54) is 6.07 Å². The van der Waals surface area contributed by atoms with Gasteiger partial charge in [0.2, 0.25) is 5.15 Å². The third-order valence-corrected chi connectivity index (χ3v) is 2.90. The van der Waals surface area contributed by atoms with Crippen molar-refractivity contribution >= 4 is 35.3 Å². The third-order valence-electron chi connectivity index (χ3n) is 2.25. The summed E-state index contributed by atoms with van der Waals surface area (Å²) in [5.74, 6) is 0. The molecule has 0 bridgehead atoms. The van der Waals surface area contributed by atoms with Gasteiger partial charge >= 0.3 is 5.69 Å². The fourth-order valence-electron chi connectivity index (χ4n) is 1.52. The largest absolute Gasteiger partial charge is 0.398 e. The van der Waals surface area contributed by atoms with Gasteiger partial charge < -0.3 is 5.73 Å². The topological polar surface area (TPSA) is 87.0 Å². The molecule has 0 spiro atoms. The zero-order valence-corrected chi connectivity index (χ0v) is 10.3. The second-order valence-electron chi connectivity index (χ2n) is 3.27. The van der Waals surface area contributed by atoms with E-state index in [4.69, 9.17) is 17.3 Å². The highest BCUT2D eigenvalue weighted by atomic mass is 35.5. The summed E-state index contributed by atoms with van der Waals surface area (Å²) in [7, 11) is 0. The first kappa shape index (κ1) is 12.7. The molecule has 0 amide bonds. The van der Waals surface area contributed by atoms with E-state index in [0.29, 0.717) is 5.56 Å². The molecule has 2 rings (SSSR count). The molecule has 1 aromatic heterocycles. The summed E-state index contributed by atoms with van der Waals surface area (Å²) in [4.78, 5) is 10.2. The minimum atomic E-state index is -0.718. The van der Waals surface area contributed by atoms with Crippen LogP contribution < -0.4 is 5.73 Å². The average molecular weight is 289 g/mol. The first-order valence-electron chi connectivity index (χ1n) is 4.63. The van der Waals surface area contributed by atoms with Crippen LogP contribution in [0.5, 0.6) is 0 Å². The minimum absolute atomic E-state index is 0.0735. The number of hydrogen-bond donors (Lipinski definition) is 1. The van der Waals surface area contributed by atoms with E-state index in [-0.39, 0.29) is 28.9 Å². The van der Waals surface area contributed by atoms with Crippen molar-refractivity contribution in [2.45, 2.75) is 0 Å². The first-order chi connectivity index (χ1) is 8.56. The van der Waals surface area contributed by atoms with E-state index >= 15 is 0 Å². The lowest BCUT2D eigenvalue weighted by molar-refractivity contribution is -0.384. The van der Waals surface area contributed by atoms with Crippen LogP contribution in [0.4, 0.5) is 15.3 Å². The van der Waals surface area contributed by atoms with E-state index in [2.05, 4.69) is 5.10 Å². The van der Waals surface area contributed by atoms with Crippen LogP contribution in [0.2, 0.25) is 5.15 Å². The van der Waals surface area contributed by atoms with Crippen LogP contribution in [-0.2, 0) is 0 Å². The second kappa shape index (κ2) is 4.83. The number of para-hydroxylation sites is 1. The quantitative estimate of drug-likeness (QED) is 0.533. The van der Waals surface area contributed by atoms with Gasteiger partial charge in [0.05, 0.1) is 4.92 Å². The molecular weight excluding hydrogens is 283 g/mol. The van der Waals surface area contributed by atoms with Gasteiger partial charge in [-0.1, -0.05) is 29.8 Å². The molecule has 2 aromatic rings. The lowest BCUT2D eigenvalue weighted by Crippen LogP contribution is -1.97. The Bertz CT molecular complexity index is 619. The Morgan fingerprint density at radius 3 is 2.72 bits per heavy atom. The molecule has 1 aromatic carbocycles. The normalized spacial score (nSPS) is 10.6. The first-order valence-corrected chi connectivity index (χ1v) is 5.68. The molecule has 9 heteroatoms. The summed E-state index contributed by atoms with van der Waals surface area (Å²) in [5, 5.41) is 14.1. The standard InChI is InChI=1S/C9H6ClFN4O2S/c10-9-8(15(16)17)7(14(13-9)18-11)5-3-1-2-4-6(5)12/h1-4H,12H2. The molecule has 0 aliphatic carbocycles. The summed E-state index contributed by atoms with van der Waals surface area (Å²) in [6.45, 7) is 0. The molecule has 2 N–H and O–H groups in total. The number of hydrogen-bond acceptors (Lipinski definition) is 5. The summed E-state index contributed by atoms with van der Waals surface area (Å²) in [5.41, 5.74) is 5.74. The summed E-state index contributed by atoms with van der Waals surface area (Å²) in [6.07, 6.45) is 0. The van der Waals surface area contributed by atoms with Gasteiger partial charge in [-0.05, 0) is 6.07 Å². The Hall–Kier alpha value is -1.80. The number of halogens is 2. The number of rotatable bonds is 3. The number of aromatic nitrogens is 2. The molecular formula is C9H6ClFN4O2S. The van der Waals surface area contributed by atoms with Gasteiger partial charge in [0.15, 0.2) is 18.0 Å². The monoisotopic (exact) mass is 288 g/mol. The van der Waals surface area contributed by atoms with E-state index in [0.717, 1.165) is 4.09 Å². The highest BCUT2D eigenvalue weighted by Gasteiger charge is 2.29. The zero-order chi connectivity index (χ0) is 13.3. The smallest absolute Gasteiger partial charge is 0.335 e. The van der Waals surface area contributed by atoms with Gasteiger partial charge in [0.25, 0.3) is 0 Å². The van der Waals surface area contributed by atoms with Crippen molar-refractivity contribution in [2.75, 3.05) is 5.73 Å². The van der Waals surface area contributed by atoms with Gasteiger partial charge in [-0.25, -0.2) is 0 Å². The highest BCUT2D eigenvalue weighted by Crippen LogP contribution is 2.40. The molecule has 94 valence electrons. The molecule has 0 aliphatic rings. The number of nitrogens with two attached hydrogens (primary N) is 1. The van der Waals surface area contributed by atoms with Gasteiger partial charge in [-0.15, -0.1) is 8.98 Å². The molecule has 18 heavy (non-hydrogen) atoms. The number of nitrogen functional groups attached to an aromatic ring is 1. The minimum Gasteiger partial charge on any atom is -0.398 e. The number of nitro groups is 1. The molecule has 6 nitrogen and oxygen atoms in total. The number of anilines is 1. The van der Waals surface area contributed by atoms with Crippen molar-refractivity contribution in [1.29, 1.82) is 0 Å². The number of nitrogens with zero attached hydrogens (tertiary/aromatic N) is 3. The van der Waals surface area contributed by atoms with Crippen LogP contribution >= 0.6 is 23.9 Å². The van der Waals surface area contributed by atoms with Crippen LogP contribution in [0.25, 0.3) is 11.3 Å². The summed E-state index contributed by atoms with van der Waals surface area (Å²) < 4.78 is 13.5. The van der Waals surface area contributed by atoms with Crippen molar-refractivity contribution in [3.63, 3.8) is 0 Å². The van der Waals surface area contributed by atoms with Crippen LogP contribution in [0.3, 0.4) is 0 Å². The van der Waals surface area contributed by atoms with Crippen LogP contribution in [0.1, 0.15) is 0 Å². The summed E-state index contributed by atoms with van der Waals surface area (Å²) in [6, 6.07) is 6.37. The van der Waals surface area contributed by atoms with E-state index in [1.54, 1.807) is 18.2 Å². The Kier molecular flexibility index (Phi) is 3.39. The molecule has 0 atom stereocenters. The van der Waals surface area contributed by atoms with E-state index in [1.807, 2.05) is 0 Å². The fourth-order valence-corrected chi connectivity index (χ4v) is 2.17. The maximum atomic E-state index is 12.8. The molecule has 0 radical (unpaired) electrons. The van der Waals surface area contributed by atoms with E-state index in [9.17, 15) is 14.0 Å². The van der Waals surface area contributed by atoms with Crippen molar-refractivity contribution in [3.05, 3.63) is 39.5 Å². The van der Waals surface area contributed by atoms with Gasteiger partial charge in [-0.2, -0.15) is 4.09 Å². The van der Waals surface area contributed by atoms with Crippen molar-refractivity contribution in [3.8, 4) is 11.3 Å². The van der Waals surface area contributed by atoms with Gasteiger partial charge in [0.1, 0.15) is 0 Å². The van der Waals surface area contributed by atoms with Crippen molar-refractivity contribution in [1.82, 2.24) is 9.19 Å². The highest BCUT2D eigenvalue weighted by molar-refractivity contribution is 7.92. The fraction of sp³-hybridized carbons (Fsp3) is 0. The predicted octanol–water partition coefficient (Wildman–Crippen LogP) is 3.07. The molecule has 0 saturated carbocycles. The SMILES string of the molecule is Nc1ccccc1-c1c([N+](=O)[O-])c(Cl)nn1SF. The van der Waals surface area contributed by atoms with Crippen molar-refractivity contribution in [2.24, 2.45) is 0 Å². The predicted molar refractivity (Wildman–Crippen MR) is 67.8 cm³/mol.